The van der Waals surface area contributed by atoms with Crippen molar-refractivity contribution < 1.29 is 18.3 Å². The summed E-state index contributed by atoms with van der Waals surface area (Å²) in [4.78, 5) is 12.1. The van der Waals surface area contributed by atoms with Crippen LogP contribution >= 0.6 is 11.8 Å². The number of aryl methyl sites for hydroxylation is 1. The zero-order chi connectivity index (χ0) is 16.1. The van der Waals surface area contributed by atoms with E-state index in [1.807, 2.05) is 0 Å². The number of ether oxygens (including phenoxy) is 1. The summed E-state index contributed by atoms with van der Waals surface area (Å²) in [5.74, 6) is -0.190. The average Bonchev–Trinajstić information content (AvgIpc) is 2.86. The number of hydrogen-bond acceptors (Lipinski definition) is 5. The number of carbonyl (C=O) groups excluding carboxylic acids is 1. The van der Waals surface area contributed by atoms with E-state index in [0.29, 0.717) is 10.8 Å². The number of rotatable bonds is 6. The van der Waals surface area contributed by atoms with Crippen molar-refractivity contribution in [1.82, 2.24) is 14.8 Å². The predicted molar refractivity (Wildman–Crippen MR) is 78.0 cm³/mol. The molecule has 2 aromatic rings. The number of anilines is 1. The fraction of sp³-hybridized carbons (Fsp3) is 0.308. The molecule has 0 spiro atoms. The summed E-state index contributed by atoms with van der Waals surface area (Å²) in [6.45, 7) is -1.13. The quantitative estimate of drug-likeness (QED) is 0.825. The number of alkyl halides is 2. The van der Waals surface area contributed by atoms with Crippen molar-refractivity contribution in [3.05, 3.63) is 30.6 Å². The molecule has 22 heavy (non-hydrogen) atoms. The Morgan fingerprint density at radius 2 is 2.05 bits per heavy atom. The van der Waals surface area contributed by atoms with Gasteiger partial charge in [0, 0.05) is 12.7 Å². The number of thioether (sulfide) groups is 1. The second kappa shape index (κ2) is 7.21. The van der Waals surface area contributed by atoms with Crippen molar-refractivity contribution in [3.8, 4) is 5.75 Å². The van der Waals surface area contributed by atoms with Gasteiger partial charge in [-0.3, -0.25) is 4.79 Å². The molecule has 1 amide bonds. The van der Waals surface area contributed by atoms with Crippen LogP contribution in [0.25, 0.3) is 0 Å². The van der Waals surface area contributed by atoms with Crippen molar-refractivity contribution in [2.24, 2.45) is 7.05 Å². The molecule has 1 aromatic heterocycles. The zero-order valence-electron chi connectivity index (χ0n) is 11.9. The number of nitrogens with zero attached hydrogens (tertiary/aromatic N) is 3. The van der Waals surface area contributed by atoms with Crippen LogP contribution in [0.2, 0.25) is 0 Å². The third-order valence-corrected chi connectivity index (χ3v) is 3.82. The molecule has 0 bridgehead atoms. The maximum atomic E-state index is 12.1. The Kier molecular flexibility index (Phi) is 5.31. The molecule has 0 aliphatic rings. The topological polar surface area (TPSA) is 69.0 Å². The number of benzene rings is 1. The van der Waals surface area contributed by atoms with Gasteiger partial charge in [-0.15, -0.1) is 10.2 Å². The molecule has 1 N–H and O–H groups in total. The van der Waals surface area contributed by atoms with E-state index in [4.69, 9.17) is 0 Å². The number of hydrogen-bond donors (Lipinski definition) is 1. The highest BCUT2D eigenvalue weighted by Crippen LogP contribution is 2.22. The predicted octanol–water partition coefficient (Wildman–Crippen LogP) is 2.54. The van der Waals surface area contributed by atoms with Gasteiger partial charge in [-0.2, -0.15) is 8.78 Å². The molecule has 0 aliphatic heterocycles. The van der Waals surface area contributed by atoms with Crippen LogP contribution in [0.15, 0.2) is 35.7 Å². The van der Waals surface area contributed by atoms with E-state index in [1.165, 1.54) is 36.0 Å². The van der Waals surface area contributed by atoms with Crippen LogP contribution in [0.3, 0.4) is 0 Å². The Morgan fingerprint density at radius 3 is 2.59 bits per heavy atom. The number of nitrogens with one attached hydrogen (secondary N) is 1. The van der Waals surface area contributed by atoms with E-state index in [2.05, 4.69) is 20.3 Å². The fourth-order valence-electron chi connectivity index (χ4n) is 1.55. The third kappa shape index (κ3) is 4.42. The van der Waals surface area contributed by atoms with Crippen molar-refractivity contribution in [2.75, 3.05) is 5.32 Å². The standard InChI is InChI=1S/C13H14F2N4O2S/c1-8(22-13-18-16-7-19(13)2)11(20)17-9-3-5-10(6-4-9)21-12(14)15/h3-8,12H,1-2H3,(H,17,20). The van der Waals surface area contributed by atoms with Gasteiger partial charge in [0.2, 0.25) is 5.91 Å². The molecular formula is C13H14F2N4O2S. The molecule has 2 rings (SSSR count). The molecule has 0 aliphatic carbocycles. The van der Waals surface area contributed by atoms with Gasteiger partial charge in [0.1, 0.15) is 12.1 Å². The van der Waals surface area contributed by atoms with Crippen molar-refractivity contribution in [2.45, 2.75) is 23.9 Å². The summed E-state index contributed by atoms with van der Waals surface area (Å²) in [7, 11) is 1.79. The van der Waals surface area contributed by atoms with Gasteiger partial charge in [-0.1, -0.05) is 11.8 Å². The molecule has 0 fully saturated rings. The summed E-state index contributed by atoms with van der Waals surface area (Å²) in [5.41, 5.74) is 0.497. The molecular weight excluding hydrogens is 314 g/mol. The lowest BCUT2D eigenvalue weighted by molar-refractivity contribution is -0.115. The van der Waals surface area contributed by atoms with Crippen LogP contribution in [0.5, 0.6) is 5.75 Å². The van der Waals surface area contributed by atoms with E-state index >= 15 is 0 Å². The Labute approximate surface area is 129 Å². The maximum Gasteiger partial charge on any atom is 0.387 e. The first-order chi connectivity index (χ1) is 10.5. The van der Waals surface area contributed by atoms with E-state index in [0.717, 1.165) is 0 Å². The molecule has 1 heterocycles. The second-order valence-electron chi connectivity index (χ2n) is 4.38. The molecule has 118 valence electrons. The van der Waals surface area contributed by atoms with Gasteiger partial charge < -0.3 is 14.6 Å². The summed E-state index contributed by atoms with van der Waals surface area (Å²) >= 11 is 1.27. The molecule has 6 nitrogen and oxygen atoms in total. The first kappa shape index (κ1) is 16.2. The minimum Gasteiger partial charge on any atom is -0.435 e. The van der Waals surface area contributed by atoms with Crippen molar-refractivity contribution >= 4 is 23.4 Å². The first-order valence-corrected chi connectivity index (χ1v) is 7.20. The number of carbonyl (C=O) groups is 1. The summed E-state index contributed by atoms with van der Waals surface area (Å²) < 4.78 is 30.0. The third-order valence-electron chi connectivity index (χ3n) is 2.67. The number of amides is 1. The van der Waals surface area contributed by atoms with E-state index in [1.54, 1.807) is 24.9 Å². The van der Waals surface area contributed by atoms with Crippen LogP contribution < -0.4 is 10.1 Å². The molecule has 0 radical (unpaired) electrons. The monoisotopic (exact) mass is 328 g/mol. The van der Waals surface area contributed by atoms with Gasteiger partial charge in [0.25, 0.3) is 0 Å². The van der Waals surface area contributed by atoms with E-state index in [-0.39, 0.29) is 16.9 Å². The second-order valence-corrected chi connectivity index (χ2v) is 5.68. The van der Waals surface area contributed by atoms with Crippen molar-refractivity contribution in [3.63, 3.8) is 0 Å². The molecule has 9 heteroatoms. The fourth-order valence-corrected chi connectivity index (χ4v) is 2.34. The highest BCUT2D eigenvalue weighted by molar-refractivity contribution is 8.00. The highest BCUT2D eigenvalue weighted by Gasteiger charge is 2.17. The van der Waals surface area contributed by atoms with Crippen LogP contribution in [0.1, 0.15) is 6.92 Å². The van der Waals surface area contributed by atoms with Crippen LogP contribution in [-0.4, -0.2) is 32.5 Å². The van der Waals surface area contributed by atoms with Crippen LogP contribution in [0.4, 0.5) is 14.5 Å². The Balaban J connectivity index is 1.92. The maximum absolute atomic E-state index is 12.1. The summed E-state index contributed by atoms with van der Waals surface area (Å²) in [6, 6.07) is 5.72. The van der Waals surface area contributed by atoms with Crippen molar-refractivity contribution in [1.29, 1.82) is 0 Å². The Morgan fingerprint density at radius 1 is 1.36 bits per heavy atom. The van der Waals surface area contributed by atoms with Gasteiger partial charge in [0.05, 0.1) is 5.25 Å². The molecule has 0 saturated carbocycles. The molecule has 1 unspecified atom stereocenters. The largest absolute Gasteiger partial charge is 0.435 e. The van der Waals surface area contributed by atoms with Crippen LogP contribution in [-0.2, 0) is 11.8 Å². The SMILES string of the molecule is CC(Sc1nncn1C)C(=O)Nc1ccc(OC(F)F)cc1. The lowest BCUT2D eigenvalue weighted by Gasteiger charge is -2.12. The number of halogens is 2. The highest BCUT2D eigenvalue weighted by atomic mass is 32.2. The van der Waals surface area contributed by atoms with E-state index in [9.17, 15) is 13.6 Å². The lowest BCUT2D eigenvalue weighted by Crippen LogP contribution is -2.22. The average molecular weight is 328 g/mol. The lowest BCUT2D eigenvalue weighted by atomic mass is 10.3. The van der Waals surface area contributed by atoms with Gasteiger partial charge >= 0.3 is 6.61 Å². The number of aromatic nitrogens is 3. The first-order valence-electron chi connectivity index (χ1n) is 6.32. The smallest absolute Gasteiger partial charge is 0.387 e. The zero-order valence-corrected chi connectivity index (χ0v) is 12.7. The summed E-state index contributed by atoms with van der Waals surface area (Å²) in [5, 5.41) is 10.6. The van der Waals surface area contributed by atoms with Gasteiger partial charge in [-0.25, -0.2) is 0 Å². The Bertz CT molecular complexity index is 633. The molecule has 1 atom stereocenters. The van der Waals surface area contributed by atoms with Crippen LogP contribution in [0, 0.1) is 0 Å². The normalized spacial score (nSPS) is 12.2. The van der Waals surface area contributed by atoms with E-state index < -0.39 is 6.61 Å². The minimum atomic E-state index is -2.87. The van der Waals surface area contributed by atoms with Gasteiger partial charge in [-0.05, 0) is 31.2 Å². The summed E-state index contributed by atoms with van der Waals surface area (Å²) in [6.07, 6.45) is 1.55. The molecule has 1 aromatic carbocycles. The Hall–Kier alpha value is -2.16. The van der Waals surface area contributed by atoms with Gasteiger partial charge in [0.15, 0.2) is 5.16 Å². The molecule has 0 saturated heterocycles. The minimum absolute atomic E-state index is 0.0366.